The number of rotatable bonds is 0. The summed E-state index contributed by atoms with van der Waals surface area (Å²) in [5, 5.41) is 0. The minimum Gasteiger partial charge on any atom is -0.303 e. The van der Waals surface area contributed by atoms with Crippen LogP contribution < -0.4 is 0 Å². The SMILES string of the molecule is O=P(O)(O)O.[Na].[Na]. The van der Waals surface area contributed by atoms with E-state index in [2.05, 4.69) is 0 Å². The van der Waals surface area contributed by atoms with Crippen LogP contribution in [-0.4, -0.2) is 73.8 Å². The van der Waals surface area contributed by atoms with E-state index >= 15 is 0 Å². The van der Waals surface area contributed by atoms with Crippen molar-refractivity contribution in [3.63, 3.8) is 0 Å². The summed E-state index contributed by atoms with van der Waals surface area (Å²) in [5.74, 6) is 0. The molecule has 0 aliphatic heterocycles. The van der Waals surface area contributed by atoms with E-state index < -0.39 is 7.82 Å². The smallest absolute Gasteiger partial charge is 0.303 e. The fourth-order valence-corrected chi connectivity index (χ4v) is 0. The van der Waals surface area contributed by atoms with E-state index in [0.29, 0.717) is 0 Å². The summed E-state index contributed by atoms with van der Waals surface area (Å²) in [5.41, 5.74) is 0. The maximum absolute atomic E-state index is 8.88. The molecule has 3 N–H and O–H groups in total. The van der Waals surface area contributed by atoms with Gasteiger partial charge < -0.3 is 14.7 Å². The van der Waals surface area contributed by atoms with Gasteiger partial charge in [-0.2, -0.15) is 0 Å². The molecule has 0 heterocycles. The van der Waals surface area contributed by atoms with Gasteiger partial charge in [0.2, 0.25) is 0 Å². The van der Waals surface area contributed by atoms with Gasteiger partial charge in [-0.15, -0.1) is 0 Å². The summed E-state index contributed by atoms with van der Waals surface area (Å²) in [7, 11) is -4.64. The molecule has 0 aromatic heterocycles. The van der Waals surface area contributed by atoms with Crippen LogP contribution in [-0.2, 0) is 4.57 Å². The van der Waals surface area contributed by atoms with Crippen LogP contribution in [0, 0.1) is 0 Å². The predicted molar refractivity (Wildman–Crippen MR) is 25.8 cm³/mol. The van der Waals surface area contributed by atoms with Gasteiger partial charge in [0.05, 0.1) is 0 Å². The molecule has 0 saturated heterocycles. The first-order valence-electron chi connectivity index (χ1n) is 0.783. The van der Waals surface area contributed by atoms with Gasteiger partial charge >= 0.3 is 7.82 Å². The second-order valence-electron chi connectivity index (χ2n) is 0.513. The fraction of sp³-hybridized carbons (Fsp3) is 0. The average molecular weight is 144 g/mol. The molecule has 34 valence electrons. The van der Waals surface area contributed by atoms with Crippen molar-refractivity contribution in [2.45, 2.75) is 0 Å². The van der Waals surface area contributed by atoms with Crippen LogP contribution in [0.25, 0.3) is 0 Å². The van der Waals surface area contributed by atoms with Gasteiger partial charge in [0, 0.05) is 59.1 Å². The van der Waals surface area contributed by atoms with E-state index in [1.165, 1.54) is 0 Å². The summed E-state index contributed by atoms with van der Waals surface area (Å²) >= 11 is 0. The second kappa shape index (κ2) is 6.23. The molecule has 0 aromatic rings. The van der Waals surface area contributed by atoms with Gasteiger partial charge in [-0.05, 0) is 0 Å². The van der Waals surface area contributed by atoms with Crippen LogP contribution in [0.2, 0.25) is 0 Å². The van der Waals surface area contributed by atoms with Crippen molar-refractivity contribution >= 4 is 66.9 Å². The Hall–Kier alpha value is 2.11. The van der Waals surface area contributed by atoms with Gasteiger partial charge in [0.1, 0.15) is 0 Å². The van der Waals surface area contributed by atoms with Crippen LogP contribution in [0.15, 0.2) is 0 Å². The van der Waals surface area contributed by atoms with Gasteiger partial charge in [-0.3, -0.25) is 0 Å². The first kappa shape index (κ1) is 16.1. The zero-order valence-electron chi connectivity index (χ0n) is 4.20. The molecule has 0 bridgehead atoms. The van der Waals surface area contributed by atoms with E-state index in [0.717, 1.165) is 0 Å². The molecule has 7 heteroatoms. The van der Waals surface area contributed by atoms with E-state index in [-0.39, 0.29) is 59.1 Å². The largest absolute Gasteiger partial charge is 0.466 e. The molecule has 0 aliphatic rings. The Bertz CT molecular complexity index is 55.8. The zero-order chi connectivity index (χ0) is 4.50. The molecule has 0 saturated carbocycles. The van der Waals surface area contributed by atoms with E-state index in [1.807, 2.05) is 0 Å². The third kappa shape index (κ3) is 68.0. The molecule has 0 amide bonds. The third-order valence-corrected chi connectivity index (χ3v) is 0. The van der Waals surface area contributed by atoms with Crippen LogP contribution in [0.5, 0.6) is 0 Å². The van der Waals surface area contributed by atoms with E-state index in [9.17, 15) is 0 Å². The third-order valence-electron chi connectivity index (χ3n) is 0. The van der Waals surface area contributed by atoms with E-state index in [4.69, 9.17) is 19.2 Å². The molecule has 0 rings (SSSR count). The van der Waals surface area contributed by atoms with Gasteiger partial charge in [-0.1, -0.05) is 0 Å². The molecule has 2 radical (unpaired) electrons. The molecule has 0 unspecified atom stereocenters. The van der Waals surface area contributed by atoms with Crippen LogP contribution in [0.3, 0.4) is 0 Å². The Kier molecular flexibility index (Phi) is 14.3. The van der Waals surface area contributed by atoms with Gasteiger partial charge in [0.15, 0.2) is 0 Å². The quantitative estimate of drug-likeness (QED) is 0.280. The van der Waals surface area contributed by atoms with Crippen molar-refractivity contribution in [2.75, 3.05) is 0 Å². The predicted octanol–water partition coefficient (Wildman–Crippen LogP) is -1.69. The molecule has 0 atom stereocenters. The van der Waals surface area contributed by atoms with Gasteiger partial charge in [0.25, 0.3) is 0 Å². The van der Waals surface area contributed by atoms with Crippen LogP contribution >= 0.6 is 7.82 Å². The van der Waals surface area contributed by atoms with Crippen molar-refractivity contribution in [2.24, 2.45) is 0 Å². The Morgan fingerprint density at radius 1 is 1.00 bits per heavy atom. The summed E-state index contributed by atoms with van der Waals surface area (Å²) < 4.78 is 8.88. The van der Waals surface area contributed by atoms with Crippen molar-refractivity contribution in [1.29, 1.82) is 0 Å². The molecule has 0 aliphatic carbocycles. The number of hydrogen-bond donors (Lipinski definition) is 3. The Morgan fingerprint density at radius 2 is 1.00 bits per heavy atom. The molecule has 4 nitrogen and oxygen atoms in total. The maximum Gasteiger partial charge on any atom is 0.466 e. The standard InChI is InChI=1S/2Na.H3O4P/c;;1-5(2,3)4/h;;(H3,1,2,3,4). The summed E-state index contributed by atoms with van der Waals surface area (Å²) in [4.78, 5) is 21.6. The summed E-state index contributed by atoms with van der Waals surface area (Å²) in [6, 6.07) is 0. The van der Waals surface area contributed by atoms with Crippen molar-refractivity contribution in [1.82, 2.24) is 0 Å². The molecule has 7 heavy (non-hydrogen) atoms. The topological polar surface area (TPSA) is 77.8 Å². The molecular weight excluding hydrogens is 141 g/mol. The number of hydrogen-bond acceptors (Lipinski definition) is 1. The Balaban J connectivity index is -0.0000000800. The van der Waals surface area contributed by atoms with Crippen molar-refractivity contribution in [3.05, 3.63) is 0 Å². The first-order chi connectivity index (χ1) is 2.00. The molecule has 0 fully saturated rings. The summed E-state index contributed by atoms with van der Waals surface area (Å²) in [6.45, 7) is 0. The second-order valence-corrected chi connectivity index (χ2v) is 1.54. The molecule has 0 aromatic carbocycles. The first-order valence-corrected chi connectivity index (χ1v) is 2.35. The average Bonchev–Trinajstić information content (AvgIpc) is 0.722. The van der Waals surface area contributed by atoms with Crippen molar-refractivity contribution < 1.29 is 19.2 Å². The minimum absolute atomic E-state index is 0. The molecule has 0 spiro atoms. The molecular formula is H3Na2O4P. The monoisotopic (exact) mass is 144 g/mol. The Morgan fingerprint density at radius 3 is 1.00 bits per heavy atom. The van der Waals surface area contributed by atoms with Crippen LogP contribution in [0.1, 0.15) is 0 Å². The summed E-state index contributed by atoms with van der Waals surface area (Å²) in [6.07, 6.45) is 0. The number of phosphoric acid groups is 1. The minimum atomic E-state index is -4.64. The Labute approximate surface area is 85.1 Å². The fourth-order valence-electron chi connectivity index (χ4n) is 0. The maximum atomic E-state index is 8.88. The zero-order valence-corrected chi connectivity index (χ0v) is 9.09. The normalized spacial score (nSPS) is 8.43. The van der Waals surface area contributed by atoms with Crippen molar-refractivity contribution in [3.8, 4) is 0 Å². The van der Waals surface area contributed by atoms with Crippen LogP contribution in [0.4, 0.5) is 0 Å². The van der Waals surface area contributed by atoms with E-state index in [1.54, 1.807) is 0 Å². The van der Waals surface area contributed by atoms with Gasteiger partial charge in [-0.25, -0.2) is 4.57 Å².